The number of carbonyl (C=O) groups excluding carboxylic acids is 2. The summed E-state index contributed by atoms with van der Waals surface area (Å²) in [6.07, 6.45) is 1.02. The molecule has 11 heteroatoms. The van der Waals surface area contributed by atoms with Gasteiger partial charge in [-0.2, -0.15) is 4.31 Å². The molecule has 3 rings (SSSR count). The molecule has 1 aromatic carbocycles. The van der Waals surface area contributed by atoms with Crippen molar-refractivity contribution in [1.82, 2.24) is 4.31 Å². The molecule has 1 aromatic rings. The molecular weight excluding hydrogens is 408 g/mol. The van der Waals surface area contributed by atoms with Crippen molar-refractivity contribution in [3.8, 4) is 0 Å². The summed E-state index contributed by atoms with van der Waals surface area (Å²) >= 11 is 0. The standard InChI is InChI=1S/C17H22N2O7S2/c1-2-26-17(21)13-4-3-10-18(12-13)28(24,25)15-7-5-14(6-8-15)19-16(20)9-11-27(19,22)23/h5-8,13H,2-4,9-12H2,1H3/t13-/m1/s1. The van der Waals surface area contributed by atoms with E-state index in [0.717, 1.165) is 0 Å². The number of sulfonamides is 2. The molecule has 1 amide bonds. The van der Waals surface area contributed by atoms with Crippen LogP contribution in [0.15, 0.2) is 29.2 Å². The van der Waals surface area contributed by atoms with E-state index in [1.807, 2.05) is 0 Å². The number of carbonyl (C=O) groups is 2. The molecule has 0 aliphatic carbocycles. The summed E-state index contributed by atoms with van der Waals surface area (Å²) in [5.74, 6) is -1.70. The van der Waals surface area contributed by atoms with E-state index < -0.39 is 37.8 Å². The van der Waals surface area contributed by atoms with Crippen LogP contribution in [0, 0.1) is 5.92 Å². The maximum atomic E-state index is 12.9. The summed E-state index contributed by atoms with van der Waals surface area (Å²) in [4.78, 5) is 23.8. The first-order valence-corrected chi connectivity index (χ1v) is 12.0. The van der Waals surface area contributed by atoms with Gasteiger partial charge in [-0.3, -0.25) is 9.59 Å². The van der Waals surface area contributed by atoms with E-state index in [2.05, 4.69) is 0 Å². The zero-order valence-electron chi connectivity index (χ0n) is 15.4. The van der Waals surface area contributed by atoms with Gasteiger partial charge in [0.05, 0.1) is 28.9 Å². The Bertz CT molecular complexity index is 971. The van der Waals surface area contributed by atoms with Crippen molar-refractivity contribution in [2.24, 2.45) is 5.92 Å². The normalized spacial score (nSPS) is 23.0. The maximum absolute atomic E-state index is 12.9. The van der Waals surface area contributed by atoms with Gasteiger partial charge in [-0.05, 0) is 44.0 Å². The Morgan fingerprint density at radius 2 is 1.93 bits per heavy atom. The van der Waals surface area contributed by atoms with Crippen molar-refractivity contribution in [2.75, 3.05) is 29.8 Å². The van der Waals surface area contributed by atoms with E-state index in [9.17, 15) is 26.4 Å². The monoisotopic (exact) mass is 430 g/mol. The minimum Gasteiger partial charge on any atom is -0.466 e. The molecule has 2 saturated heterocycles. The van der Waals surface area contributed by atoms with Crippen LogP contribution in [-0.2, 0) is 34.4 Å². The molecule has 9 nitrogen and oxygen atoms in total. The van der Waals surface area contributed by atoms with Gasteiger partial charge in [-0.1, -0.05) is 0 Å². The van der Waals surface area contributed by atoms with E-state index in [1.165, 1.54) is 28.6 Å². The predicted octanol–water partition coefficient (Wildman–Crippen LogP) is 0.717. The molecule has 2 fully saturated rings. The van der Waals surface area contributed by atoms with Crippen LogP contribution in [-0.4, -0.2) is 58.5 Å². The summed E-state index contributed by atoms with van der Waals surface area (Å²) in [7, 11) is -7.56. The van der Waals surface area contributed by atoms with Gasteiger partial charge in [0.2, 0.25) is 26.0 Å². The van der Waals surface area contributed by atoms with E-state index in [0.29, 0.717) is 23.7 Å². The first-order valence-electron chi connectivity index (χ1n) is 8.99. The van der Waals surface area contributed by atoms with Crippen LogP contribution in [0.1, 0.15) is 26.2 Å². The lowest BCUT2D eigenvalue weighted by Gasteiger charge is -2.30. The Hall–Kier alpha value is -1.98. The lowest BCUT2D eigenvalue weighted by molar-refractivity contribution is -0.149. The Morgan fingerprint density at radius 1 is 1.25 bits per heavy atom. The molecule has 1 atom stereocenters. The molecule has 0 aromatic heterocycles. The highest BCUT2D eigenvalue weighted by atomic mass is 32.2. The van der Waals surface area contributed by atoms with Gasteiger partial charge in [-0.15, -0.1) is 0 Å². The Labute approximate surface area is 164 Å². The number of esters is 1. The van der Waals surface area contributed by atoms with Crippen LogP contribution in [0.4, 0.5) is 5.69 Å². The van der Waals surface area contributed by atoms with Crippen LogP contribution in [0.2, 0.25) is 0 Å². The average Bonchev–Trinajstić information content (AvgIpc) is 2.94. The van der Waals surface area contributed by atoms with Gasteiger partial charge in [0.15, 0.2) is 0 Å². The fraction of sp³-hybridized carbons (Fsp3) is 0.529. The quantitative estimate of drug-likeness (QED) is 0.632. The SMILES string of the molecule is CCOC(=O)[C@@H]1CCCN(S(=O)(=O)c2ccc(N3C(=O)CCS3(=O)=O)cc2)C1. The Morgan fingerprint density at radius 3 is 2.50 bits per heavy atom. The molecular formula is C17H22N2O7S2. The maximum Gasteiger partial charge on any atom is 0.310 e. The summed E-state index contributed by atoms with van der Waals surface area (Å²) in [6, 6.07) is 5.17. The Balaban J connectivity index is 1.81. The van der Waals surface area contributed by atoms with Crippen molar-refractivity contribution < 1.29 is 31.2 Å². The van der Waals surface area contributed by atoms with Crippen molar-refractivity contribution in [2.45, 2.75) is 31.1 Å². The van der Waals surface area contributed by atoms with Crippen LogP contribution in [0.3, 0.4) is 0 Å². The molecule has 0 N–H and O–H groups in total. The number of rotatable bonds is 5. The predicted molar refractivity (Wildman–Crippen MR) is 100 cm³/mol. The highest BCUT2D eigenvalue weighted by Gasteiger charge is 2.37. The number of anilines is 1. The molecule has 0 unspecified atom stereocenters. The van der Waals surface area contributed by atoms with Gasteiger partial charge >= 0.3 is 5.97 Å². The Kier molecular flexibility index (Phi) is 5.78. The minimum atomic E-state index is -3.85. The lowest BCUT2D eigenvalue weighted by atomic mass is 10.0. The molecule has 0 spiro atoms. The second kappa shape index (κ2) is 7.80. The number of benzene rings is 1. The average molecular weight is 431 g/mol. The number of hydrogen-bond donors (Lipinski definition) is 0. The van der Waals surface area contributed by atoms with Crippen molar-refractivity contribution in [1.29, 1.82) is 0 Å². The van der Waals surface area contributed by atoms with Crippen LogP contribution in [0.25, 0.3) is 0 Å². The van der Waals surface area contributed by atoms with Gasteiger partial charge < -0.3 is 4.74 Å². The number of ether oxygens (including phenoxy) is 1. The molecule has 28 heavy (non-hydrogen) atoms. The third-order valence-corrected chi connectivity index (χ3v) is 8.36. The number of amides is 1. The zero-order chi connectivity index (χ0) is 20.5. The largest absolute Gasteiger partial charge is 0.466 e. The van der Waals surface area contributed by atoms with Crippen LogP contribution < -0.4 is 4.31 Å². The fourth-order valence-electron chi connectivity index (χ4n) is 3.38. The van der Waals surface area contributed by atoms with Gasteiger partial charge in [0.25, 0.3) is 0 Å². The molecule has 0 saturated carbocycles. The van der Waals surface area contributed by atoms with Crippen molar-refractivity contribution >= 4 is 37.6 Å². The summed E-state index contributed by atoms with van der Waals surface area (Å²) in [5, 5.41) is 0. The van der Waals surface area contributed by atoms with E-state index in [1.54, 1.807) is 6.92 Å². The van der Waals surface area contributed by atoms with Crippen molar-refractivity contribution in [3.05, 3.63) is 24.3 Å². The third kappa shape index (κ3) is 3.91. The van der Waals surface area contributed by atoms with E-state index in [-0.39, 0.29) is 35.9 Å². The second-order valence-corrected chi connectivity index (χ2v) is 10.5. The smallest absolute Gasteiger partial charge is 0.310 e. The first kappa shape index (κ1) is 20.7. The van der Waals surface area contributed by atoms with E-state index >= 15 is 0 Å². The zero-order valence-corrected chi connectivity index (χ0v) is 17.0. The highest BCUT2D eigenvalue weighted by Crippen LogP contribution is 2.29. The molecule has 2 aliphatic heterocycles. The van der Waals surface area contributed by atoms with Crippen molar-refractivity contribution in [3.63, 3.8) is 0 Å². The molecule has 154 valence electrons. The summed E-state index contributed by atoms with van der Waals surface area (Å²) in [6.45, 7) is 2.27. The topological polar surface area (TPSA) is 118 Å². The minimum absolute atomic E-state index is 0.0233. The lowest BCUT2D eigenvalue weighted by Crippen LogP contribution is -2.42. The first-order chi connectivity index (χ1) is 13.2. The molecule has 0 radical (unpaired) electrons. The molecule has 0 bridgehead atoms. The number of hydrogen-bond acceptors (Lipinski definition) is 7. The van der Waals surface area contributed by atoms with Crippen LogP contribution in [0.5, 0.6) is 0 Å². The number of piperidine rings is 1. The molecule has 2 heterocycles. The van der Waals surface area contributed by atoms with E-state index in [4.69, 9.17) is 4.74 Å². The van der Waals surface area contributed by atoms with Gasteiger partial charge in [0, 0.05) is 19.5 Å². The number of nitrogens with zero attached hydrogens (tertiary/aromatic N) is 2. The summed E-state index contributed by atoms with van der Waals surface area (Å²) < 4.78 is 56.8. The molecule has 2 aliphatic rings. The van der Waals surface area contributed by atoms with Crippen LogP contribution >= 0.6 is 0 Å². The second-order valence-electron chi connectivity index (χ2n) is 6.67. The third-order valence-electron chi connectivity index (χ3n) is 4.79. The highest BCUT2D eigenvalue weighted by molar-refractivity contribution is 7.94. The summed E-state index contributed by atoms with van der Waals surface area (Å²) in [5.41, 5.74) is 0.115. The fourth-order valence-corrected chi connectivity index (χ4v) is 6.37. The van der Waals surface area contributed by atoms with Gasteiger partial charge in [0.1, 0.15) is 0 Å². The van der Waals surface area contributed by atoms with Gasteiger partial charge in [-0.25, -0.2) is 21.1 Å².